The number of aromatic nitrogens is 2. The van der Waals surface area contributed by atoms with Gasteiger partial charge in [-0.2, -0.15) is 0 Å². The first kappa shape index (κ1) is 28.4. The van der Waals surface area contributed by atoms with Crippen LogP contribution in [0.3, 0.4) is 0 Å². The van der Waals surface area contributed by atoms with Crippen LogP contribution < -0.4 is 4.57 Å². The fraction of sp³-hybridized carbons (Fsp3) is 0.833. The molecule has 27 heavy (non-hydrogen) atoms. The van der Waals surface area contributed by atoms with Gasteiger partial charge in [0.2, 0.25) is 0 Å². The molecule has 0 atom stereocenters. The van der Waals surface area contributed by atoms with Crippen molar-refractivity contribution in [2.75, 3.05) is 0 Å². The molecule has 0 fully saturated rings. The first-order valence-electron chi connectivity index (χ1n) is 9.28. The van der Waals surface area contributed by atoms with Gasteiger partial charge in [0.1, 0.15) is 12.4 Å². The van der Waals surface area contributed by atoms with Crippen LogP contribution in [-0.4, -0.2) is 4.57 Å². The van der Waals surface area contributed by atoms with E-state index in [1.807, 2.05) is 0 Å². The molecule has 1 heterocycles. The van der Waals surface area contributed by atoms with E-state index in [1.165, 1.54) is 76.6 Å². The van der Waals surface area contributed by atoms with Gasteiger partial charge in [-0.3, -0.25) is 0 Å². The van der Waals surface area contributed by atoms with Gasteiger partial charge in [-0.25, -0.2) is 9.13 Å². The van der Waals surface area contributed by atoms with Gasteiger partial charge < -0.3 is 0 Å². The molecule has 1 aromatic rings. The number of unbranched alkanes of at least 4 members (excludes halogenated alkanes) is 9. The van der Waals surface area contributed by atoms with E-state index in [2.05, 4.69) is 42.4 Å². The van der Waals surface area contributed by atoms with Crippen LogP contribution in [-0.2, 0) is 13.6 Å². The third-order valence-electron chi connectivity index (χ3n) is 4.15. The fourth-order valence-corrected chi connectivity index (χ4v) is 2.60. The zero-order valence-electron chi connectivity index (χ0n) is 16.0. The van der Waals surface area contributed by atoms with E-state index in [1.54, 1.807) is 0 Å². The number of hydrogen-bond donors (Lipinski definition) is 0. The summed E-state index contributed by atoms with van der Waals surface area (Å²) in [6.45, 7) is 5.66. The van der Waals surface area contributed by atoms with E-state index in [0.717, 1.165) is 0 Å². The van der Waals surface area contributed by atoms with Crippen molar-refractivity contribution in [1.82, 2.24) is 4.57 Å². The molecule has 0 aliphatic carbocycles. The maximum atomic E-state index is 9.87. The van der Waals surface area contributed by atoms with Crippen LogP contribution in [0.4, 0.5) is 25.2 Å². The molecule has 0 aliphatic heterocycles. The Kier molecular flexibility index (Phi) is 11.9. The van der Waals surface area contributed by atoms with Gasteiger partial charge >= 0.3 is 33.0 Å². The summed E-state index contributed by atoms with van der Waals surface area (Å²) in [5.41, 5.74) is 0. The Bertz CT molecular complexity index is 499. The molecule has 9 heteroatoms. The molecular weight excluding hydrogens is 389 g/mol. The number of aryl methyl sites for hydroxylation is 2. The van der Waals surface area contributed by atoms with Crippen molar-refractivity contribution in [1.29, 1.82) is 0 Å². The molecule has 0 aliphatic rings. The Morgan fingerprint density at radius 2 is 1.19 bits per heavy atom. The number of hydrogen-bond acceptors (Lipinski definition) is 0. The molecule has 0 spiro atoms. The average Bonchev–Trinajstić information content (AvgIpc) is 2.78. The second kappa shape index (κ2) is 11.3. The van der Waals surface area contributed by atoms with E-state index in [0.29, 0.717) is 0 Å². The molecule has 0 N–H and O–H groups in total. The summed E-state index contributed by atoms with van der Waals surface area (Å²) in [5, 5.41) is 0. The van der Waals surface area contributed by atoms with Crippen molar-refractivity contribution in [2.45, 2.75) is 92.0 Å². The van der Waals surface area contributed by atoms with Crippen LogP contribution >= 0.6 is 7.81 Å². The number of halogens is 6. The van der Waals surface area contributed by atoms with Gasteiger partial charge in [0.05, 0.1) is 13.6 Å². The molecule has 0 saturated heterocycles. The second-order valence-corrected chi connectivity index (χ2v) is 8.71. The first-order chi connectivity index (χ1) is 11.7. The molecule has 166 valence electrons. The van der Waals surface area contributed by atoms with Crippen molar-refractivity contribution >= 4 is 7.81 Å². The Balaban J connectivity index is 0. The number of imidazole rings is 1. The molecule has 0 saturated carbocycles. The van der Waals surface area contributed by atoms with E-state index < -0.39 is 7.81 Å². The Morgan fingerprint density at radius 3 is 1.52 bits per heavy atom. The summed E-state index contributed by atoms with van der Waals surface area (Å²) >= 11 is 0. The van der Waals surface area contributed by atoms with Crippen LogP contribution in [0.25, 0.3) is 0 Å². The van der Waals surface area contributed by atoms with Crippen LogP contribution in [0.1, 0.15) is 84.4 Å². The van der Waals surface area contributed by atoms with Crippen LogP contribution in [0.15, 0.2) is 12.4 Å². The third-order valence-corrected chi connectivity index (χ3v) is 4.15. The van der Waals surface area contributed by atoms with Crippen LogP contribution in [0.2, 0.25) is 0 Å². The minimum absolute atomic E-state index is 0. The topological polar surface area (TPSA) is 8.81 Å². The van der Waals surface area contributed by atoms with E-state index >= 15 is 0 Å². The standard InChI is InChI=1S/C17H33N2.CH4.F6P/c1-4-5-6-7-8-9-10-11-12-13-14-19-16-15-18(3)17(19)2;;1-7(2,3,4,5)6/h15-16H,4-14H2,1-3H3;1H4;/q+1;;-1. The second-order valence-electron chi connectivity index (χ2n) is 6.79. The van der Waals surface area contributed by atoms with Gasteiger partial charge in [0.25, 0.3) is 5.82 Å². The minimum atomic E-state index is -10.7. The predicted octanol–water partition coefficient (Wildman–Crippen LogP) is 8.56. The summed E-state index contributed by atoms with van der Waals surface area (Å²) in [7, 11) is -8.54. The molecular formula is C18H37F6N2P. The molecule has 1 rings (SSSR count). The number of rotatable bonds is 11. The molecule has 0 radical (unpaired) electrons. The quantitative estimate of drug-likeness (QED) is 0.145. The monoisotopic (exact) mass is 426 g/mol. The van der Waals surface area contributed by atoms with E-state index in [9.17, 15) is 25.2 Å². The van der Waals surface area contributed by atoms with E-state index in [4.69, 9.17) is 0 Å². The summed E-state index contributed by atoms with van der Waals surface area (Å²) in [5.74, 6) is 1.36. The SMILES string of the molecule is C.CCCCCCCCCCCCn1cc[n+](C)c1C.F[P-](F)(F)(F)(F)F. The maximum absolute atomic E-state index is 10.7. The summed E-state index contributed by atoms with van der Waals surface area (Å²) in [6.07, 6.45) is 18.5. The molecule has 1 aromatic heterocycles. The summed E-state index contributed by atoms with van der Waals surface area (Å²) < 4.78 is 63.8. The molecule has 0 amide bonds. The predicted molar refractivity (Wildman–Crippen MR) is 102 cm³/mol. The first-order valence-corrected chi connectivity index (χ1v) is 11.3. The van der Waals surface area contributed by atoms with Crippen molar-refractivity contribution in [3.05, 3.63) is 18.2 Å². The zero-order valence-corrected chi connectivity index (χ0v) is 16.9. The Labute approximate surface area is 160 Å². The van der Waals surface area contributed by atoms with Crippen molar-refractivity contribution < 1.29 is 29.7 Å². The van der Waals surface area contributed by atoms with E-state index in [-0.39, 0.29) is 7.43 Å². The van der Waals surface area contributed by atoms with Gasteiger partial charge in [-0.15, -0.1) is 0 Å². The van der Waals surface area contributed by atoms with Gasteiger partial charge in [0.15, 0.2) is 0 Å². The fourth-order valence-electron chi connectivity index (χ4n) is 2.60. The summed E-state index contributed by atoms with van der Waals surface area (Å²) in [4.78, 5) is 0. The van der Waals surface area contributed by atoms with Crippen molar-refractivity contribution in [3.8, 4) is 0 Å². The average molecular weight is 426 g/mol. The number of nitrogens with zero attached hydrogens (tertiary/aromatic N) is 2. The molecule has 0 aromatic carbocycles. The Morgan fingerprint density at radius 1 is 0.815 bits per heavy atom. The van der Waals surface area contributed by atoms with Crippen LogP contribution in [0.5, 0.6) is 0 Å². The molecule has 0 unspecified atom stereocenters. The molecule has 0 bridgehead atoms. The van der Waals surface area contributed by atoms with Gasteiger partial charge in [0, 0.05) is 6.92 Å². The van der Waals surface area contributed by atoms with Gasteiger partial charge in [-0.05, 0) is 12.8 Å². The zero-order chi connectivity index (χ0) is 20.3. The summed E-state index contributed by atoms with van der Waals surface area (Å²) in [6, 6.07) is 0. The third kappa shape index (κ3) is 23.2. The van der Waals surface area contributed by atoms with Crippen LogP contribution in [0, 0.1) is 6.92 Å². The molecule has 2 nitrogen and oxygen atoms in total. The van der Waals surface area contributed by atoms with Gasteiger partial charge in [-0.1, -0.05) is 65.7 Å². The van der Waals surface area contributed by atoms with Crippen molar-refractivity contribution in [2.24, 2.45) is 7.05 Å². The Hall–Kier alpha value is -0.780. The van der Waals surface area contributed by atoms with Crippen molar-refractivity contribution in [3.63, 3.8) is 0 Å². The normalized spacial score (nSPS) is 13.8.